The molecule has 0 rings (SSSR count). The third kappa shape index (κ3) is 415. The van der Waals surface area contributed by atoms with E-state index in [0.717, 1.165) is 0 Å². The van der Waals surface area contributed by atoms with Gasteiger partial charge in [0.1, 0.15) is 0 Å². The largest absolute Gasteiger partial charge is 3.00 e. The standard InChI is InChI=1S/8CN.Co.2Ni/c8*1-2;;;/q8*-1;+2;2*+3. The van der Waals surface area contributed by atoms with Crippen molar-refractivity contribution in [1.29, 1.82) is 42.1 Å². The Balaban J connectivity index is -0.00000000418. The molecule has 0 fully saturated rings. The van der Waals surface area contributed by atoms with Crippen molar-refractivity contribution in [3.63, 3.8) is 0 Å². The Morgan fingerprint density at radius 3 is 0.263 bits per heavy atom. The van der Waals surface area contributed by atoms with Gasteiger partial charge in [-0.3, -0.25) is 0 Å². The molecule has 0 saturated carbocycles. The van der Waals surface area contributed by atoms with Gasteiger partial charge in [0.2, 0.25) is 0 Å². The monoisotopic (exact) mass is 383 g/mol. The van der Waals surface area contributed by atoms with Crippen LogP contribution in [0.15, 0.2) is 0 Å². The molecule has 3 radical (unpaired) electrons. The zero-order valence-electron chi connectivity index (χ0n) is 8.54. The van der Waals surface area contributed by atoms with Crippen LogP contribution in [0.2, 0.25) is 0 Å². The van der Waals surface area contributed by atoms with E-state index in [-0.39, 0.29) is 49.8 Å². The molecular weight excluding hydrogens is 384 g/mol. The summed E-state index contributed by atoms with van der Waals surface area (Å²) in [5, 5.41) is 50.0. The van der Waals surface area contributed by atoms with Gasteiger partial charge in [-0.1, -0.05) is 0 Å². The average Bonchev–Trinajstić information content (AvgIpc) is 2.54. The van der Waals surface area contributed by atoms with E-state index < -0.39 is 0 Å². The minimum absolute atomic E-state index is 0. The third-order valence-electron chi connectivity index (χ3n) is 0. The number of rotatable bonds is 0. The van der Waals surface area contributed by atoms with Crippen molar-refractivity contribution in [3.8, 4) is 0 Å². The zero-order valence-corrected chi connectivity index (χ0v) is 11.6. The van der Waals surface area contributed by atoms with Gasteiger partial charge < -0.3 is 94.7 Å². The van der Waals surface area contributed by atoms with Crippen LogP contribution in [-0.4, -0.2) is 0 Å². The van der Waals surface area contributed by atoms with Gasteiger partial charge >= 0.3 is 49.8 Å². The molecule has 0 aromatic carbocycles. The third-order valence-corrected chi connectivity index (χ3v) is 0. The number of hydrogen-bond acceptors (Lipinski definition) is 8. The number of hydrogen-bond donors (Lipinski definition) is 0. The van der Waals surface area contributed by atoms with E-state index in [0.29, 0.717) is 0 Å². The quantitative estimate of drug-likeness (QED) is 0.431. The van der Waals surface area contributed by atoms with E-state index in [2.05, 4.69) is 0 Å². The van der Waals surface area contributed by atoms with Gasteiger partial charge in [0.25, 0.3) is 0 Å². The Morgan fingerprint density at radius 2 is 0.263 bits per heavy atom. The second-order valence-electron chi connectivity index (χ2n) is 0. The van der Waals surface area contributed by atoms with Crippen LogP contribution in [0, 0.1) is 94.7 Å². The Bertz CT molecular complexity index is 141. The fraction of sp³-hybridized carbons (Fsp3) is 0. The van der Waals surface area contributed by atoms with Crippen LogP contribution >= 0.6 is 0 Å². The van der Waals surface area contributed by atoms with Crippen molar-refractivity contribution >= 4 is 0 Å². The van der Waals surface area contributed by atoms with Crippen LogP contribution in [0.3, 0.4) is 0 Å². The summed E-state index contributed by atoms with van der Waals surface area (Å²) in [6.07, 6.45) is 0. The van der Waals surface area contributed by atoms with E-state index in [1.54, 1.807) is 0 Å². The van der Waals surface area contributed by atoms with E-state index in [1.807, 2.05) is 0 Å². The minimum atomic E-state index is 0. The molecule has 0 saturated heterocycles. The van der Waals surface area contributed by atoms with E-state index in [1.165, 1.54) is 0 Å². The summed E-state index contributed by atoms with van der Waals surface area (Å²) in [5.41, 5.74) is 0. The maximum atomic E-state index is 6.25. The first kappa shape index (κ1) is 133. The summed E-state index contributed by atoms with van der Waals surface area (Å²) in [6, 6.07) is 0. The SMILES string of the molecule is [C-]#N.[C-]#N.[C-]#N.[C-]#N.[C-]#N.[C-]#N.[C-]#N.[C-]#N.[Co+2].[Ni+3].[Ni+3]. The molecule has 11 heteroatoms. The molecule has 0 aromatic heterocycles. The molecule has 0 spiro atoms. The van der Waals surface area contributed by atoms with Gasteiger partial charge in [0.05, 0.1) is 0 Å². The van der Waals surface area contributed by atoms with Crippen molar-refractivity contribution < 1.29 is 49.8 Å². The zero-order chi connectivity index (χ0) is 16.0. The normalized spacial score (nSPS) is 0.842. The van der Waals surface area contributed by atoms with E-state index in [4.69, 9.17) is 94.7 Å². The molecule has 0 N–H and O–H groups in total. The molecule has 0 amide bonds. The van der Waals surface area contributed by atoms with Crippen molar-refractivity contribution in [3.05, 3.63) is 52.6 Å². The fourth-order valence-electron chi connectivity index (χ4n) is 0. The molecular formula is C8CoN8Ni2. The summed E-state index contributed by atoms with van der Waals surface area (Å²) in [7, 11) is 0. The molecule has 0 aromatic rings. The van der Waals surface area contributed by atoms with Gasteiger partial charge in [-0.05, 0) is 0 Å². The van der Waals surface area contributed by atoms with Gasteiger partial charge in [-0.25, -0.2) is 0 Å². The van der Waals surface area contributed by atoms with Crippen LogP contribution in [0.25, 0.3) is 0 Å². The summed E-state index contributed by atoms with van der Waals surface area (Å²) in [4.78, 5) is 0. The summed E-state index contributed by atoms with van der Waals surface area (Å²) in [5.74, 6) is 0. The molecule has 0 aliphatic rings. The predicted octanol–water partition coefficient (Wildman–Crippen LogP) is 0.763. The predicted molar refractivity (Wildman–Crippen MR) is 39.7 cm³/mol. The van der Waals surface area contributed by atoms with Crippen LogP contribution in [0.5, 0.6) is 0 Å². The Labute approximate surface area is 144 Å². The van der Waals surface area contributed by atoms with Crippen LogP contribution < -0.4 is 0 Å². The summed E-state index contributed by atoms with van der Waals surface area (Å²) < 4.78 is 0. The Kier molecular flexibility index (Phi) is 3350. The van der Waals surface area contributed by atoms with Crippen LogP contribution in [0.4, 0.5) is 0 Å². The summed E-state index contributed by atoms with van der Waals surface area (Å²) >= 11 is 0. The molecule has 0 atom stereocenters. The molecule has 0 aliphatic heterocycles. The molecule has 19 heavy (non-hydrogen) atoms. The van der Waals surface area contributed by atoms with Crippen molar-refractivity contribution in [2.75, 3.05) is 0 Å². The second-order valence-corrected chi connectivity index (χ2v) is 0. The first-order valence-corrected chi connectivity index (χ1v) is 1.79. The van der Waals surface area contributed by atoms with E-state index in [9.17, 15) is 0 Å². The maximum Gasteiger partial charge on any atom is 3.00 e. The molecule has 8 nitrogen and oxygen atoms in total. The number of nitrogens with zero attached hydrogens (tertiary/aromatic N) is 8. The Hall–Kier alpha value is -2.59. The molecule has 101 valence electrons. The second kappa shape index (κ2) is 479. The van der Waals surface area contributed by atoms with Crippen molar-refractivity contribution in [2.45, 2.75) is 0 Å². The topological polar surface area (TPSA) is 190 Å². The van der Waals surface area contributed by atoms with Gasteiger partial charge in [-0.15, -0.1) is 0 Å². The maximum absolute atomic E-state index is 6.25. The molecule has 0 aliphatic carbocycles. The molecule has 0 heterocycles. The van der Waals surface area contributed by atoms with Crippen molar-refractivity contribution in [1.82, 2.24) is 0 Å². The van der Waals surface area contributed by atoms with Crippen LogP contribution in [-0.2, 0) is 49.8 Å². The average molecular weight is 384 g/mol. The van der Waals surface area contributed by atoms with Crippen molar-refractivity contribution in [2.24, 2.45) is 0 Å². The van der Waals surface area contributed by atoms with Crippen LogP contribution in [0.1, 0.15) is 0 Å². The molecule has 0 unspecified atom stereocenters. The van der Waals surface area contributed by atoms with Gasteiger partial charge in [0.15, 0.2) is 0 Å². The van der Waals surface area contributed by atoms with E-state index >= 15 is 0 Å². The summed E-state index contributed by atoms with van der Waals surface area (Å²) in [6.45, 7) is 38.0. The minimum Gasteiger partial charge on any atom is -0.512 e. The fourth-order valence-corrected chi connectivity index (χ4v) is 0. The van der Waals surface area contributed by atoms with Gasteiger partial charge in [-0.2, -0.15) is 0 Å². The smallest absolute Gasteiger partial charge is 0.512 e. The first-order valence-electron chi connectivity index (χ1n) is 1.79. The first-order chi connectivity index (χ1) is 8.00. The molecule has 0 bridgehead atoms. The van der Waals surface area contributed by atoms with Gasteiger partial charge in [0, 0.05) is 0 Å². The Morgan fingerprint density at radius 1 is 0.263 bits per heavy atom.